The van der Waals surface area contributed by atoms with Gasteiger partial charge in [0.05, 0.1) is 11.8 Å². The molecule has 0 radical (unpaired) electrons. The minimum absolute atomic E-state index is 0.0773. The summed E-state index contributed by atoms with van der Waals surface area (Å²) in [5.74, 6) is -0.526. The van der Waals surface area contributed by atoms with Crippen molar-refractivity contribution in [3.05, 3.63) is 24.3 Å². The lowest BCUT2D eigenvalue weighted by molar-refractivity contribution is -0.145. The number of nitrogens with zero attached hydrogens (tertiary/aromatic N) is 4. The van der Waals surface area contributed by atoms with E-state index in [4.69, 9.17) is 0 Å². The molecule has 1 aromatic heterocycles. The fourth-order valence-corrected chi connectivity index (χ4v) is 3.95. The lowest BCUT2D eigenvalue weighted by atomic mass is 9.67. The average molecular weight is 371 g/mol. The van der Waals surface area contributed by atoms with Crippen molar-refractivity contribution >= 4 is 17.6 Å². The van der Waals surface area contributed by atoms with Gasteiger partial charge in [0.25, 0.3) is 0 Å². The molecule has 0 bridgehead atoms. The minimum atomic E-state index is -0.947. The van der Waals surface area contributed by atoms with E-state index in [1.165, 1.54) is 0 Å². The summed E-state index contributed by atoms with van der Waals surface area (Å²) in [6, 6.07) is 7.26. The molecule has 2 aromatic rings. The third-order valence-corrected chi connectivity index (χ3v) is 5.54. The van der Waals surface area contributed by atoms with Crippen LogP contribution in [0, 0.1) is 11.3 Å². The molecular weight excluding hydrogens is 346 g/mol. The molecule has 144 valence electrons. The maximum absolute atomic E-state index is 13.1. The van der Waals surface area contributed by atoms with Crippen molar-refractivity contribution in [2.24, 2.45) is 18.4 Å². The number of tetrazole rings is 1. The van der Waals surface area contributed by atoms with E-state index in [0.29, 0.717) is 11.5 Å². The van der Waals surface area contributed by atoms with E-state index in [2.05, 4.69) is 20.8 Å². The van der Waals surface area contributed by atoms with Gasteiger partial charge in [-0.25, -0.2) is 4.68 Å². The van der Waals surface area contributed by atoms with Crippen LogP contribution in [0.4, 0.5) is 5.69 Å². The van der Waals surface area contributed by atoms with Crippen LogP contribution in [0.25, 0.3) is 11.4 Å². The predicted octanol–water partition coefficient (Wildman–Crippen LogP) is 2.88. The lowest BCUT2D eigenvalue weighted by Gasteiger charge is -2.37. The first-order valence-electron chi connectivity index (χ1n) is 9.26. The quantitative estimate of drug-likeness (QED) is 0.808. The van der Waals surface area contributed by atoms with Gasteiger partial charge < -0.3 is 10.4 Å². The van der Waals surface area contributed by atoms with Crippen molar-refractivity contribution in [2.75, 3.05) is 5.32 Å². The third kappa shape index (κ3) is 4.15. The zero-order chi connectivity index (χ0) is 19.4. The predicted molar refractivity (Wildman–Crippen MR) is 99.8 cm³/mol. The Hall–Kier alpha value is -2.77. The molecule has 1 saturated carbocycles. The number of hydrogen-bond acceptors (Lipinski definition) is 5. The van der Waals surface area contributed by atoms with Crippen molar-refractivity contribution in [3.63, 3.8) is 0 Å². The van der Waals surface area contributed by atoms with Gasteiger partial charge in [-0.2, -0.15) is 0 Å². The molecule has 8 nitrogen and oxygen atoms in total. The largest absolute Gasteiger partial charge is 0.481 e. The Balaban J connectivity index is 1.83. The standard InChI is InChI=1S/C19H25N5O3/c1-19(12-16(25)26,14-8-4-3-5-9-14)18(27)20-15-10-6-7-13(11-15)17-21-22-23-24(17)2/h6-7,10-11,14H,3-5,8-9,12H2,1-2H3,(H,20,27)(H,25,26). The summed E-state index contributed by atoms with van der Waals surface area (Å²) < 4.78 is 1.55. The molecule has 1 aromatic carbocycles. The van der Waals surface area contributed by atoms with Crippen molar-refractivity contribution in [1.29, 1.82) is 0 Å². The zero-order valence-electron chi connectivity index (χ0n) is 15.7. The van der Waals surface area contributed by atoms with Crippen LogP contribution >= 0.6 is 0 Å². The van der Waals surface area contributed by atoms with Crippen molar-refractivity contribution in [1.82, 2.24) is 20.2 Å². The molecule has 1 fully saturated rings. The monoisotopic (exact) mass is 371 g/mol. The van der Waals surface area contributed by atoms with Crippen LogP contribution in [-0.4, -0.2) is 37.2 Å². The molecule has 1 heterocycles. The van der Waals surface area contributed by atoms with Gasteiger partial charge in [-0.15, -0.1) is 5.10 Å². The van der Waals surface area contributed by atoms with Gasteiger partial charge in [0.1, 0.15) is 0 Å². The molecular formula is C19H25N5O3. The second-order valence-electron chi connectivity index (χ2n) is 7.48. The highest BCUT2D eigenvalue weighted by Gasteiger charge is 2.43. The second-order valence-corrected chi connectivity index (χ2v) is 7.48. The smallest absolute Gasteiger partial charge is 0.304 e. The topological polar surface area (TPSA) is 110 Å². The van der Waals surface area contributed by atoms with Crippen LogP contribution < -0.4 is 5.32 Å². The van der Waals surface area contributed by atoms with Crippen LogP contribution in [-0.2, 0) is 16.6 Å². The molecule has 8 heteroatoms. The second kappa shape index (κ2) is 7.85. The molecule has 0 aliphatic heterocycles. The number of anilines is 1. The van der Waals surface area contributed by atoms with Crippen molar-refractivity contribution < 1.29 is 14.7 Å². The maximum atomic E-state index is 13.1. The maximum Gasteiger partial charge on any atom is 0.304 e. The molecule has 1 aliphatic rings. The molecule has 2 N–H and O–H groups in total. The van der Waals surface area contributed by atoms with E-state index in [-0.39, 0.29) is 18.2 Å². The Morgan fingerprint density at radius 2 is 2.04 bits per heavy atom. The molecule has 1 amide bonds. The van der Waals surface area contributed by atoms with E-state index < -0.39 is 11.4 Å². The Bertz CT molecular complexity index is 828. The fraction of sp³-hybridized carbons (Fsp3) is 0.526. The summed E-state index contributed by atoms with van der Waals surface area (Å²) in [4.78, 5) is 24.6. The lowest BCUT2D eigenvalue weighted by Crippen LogP contribution is -2.42. The Morgan fingerprint density at radius 3 is 2.67 bits per heavy atom. The van der Waals surface area contributed by atoms with Gasteiger partial charge in [0.2, 0.25) is 5.91 Å². The van der Waals surface area contributed by atoms with E-state index >= 15 is 0 Å². The summed E-state index contributed by atoms with van der Waals surface area (Å²) in [5, 5.41) is 23.7. The van der Waals surface area contributed by atoms with Gasteiger partial charge >= 0.3 is 5.97 Å². The van der Waals surface area contributed by atoms with Gasteiger partial charge in [-0.1, -0.05) is 31.4 Å². The third-order valence-electron chi connectivity index (χ3n) is 5.54. The highest BCUT2D eigenvalue weighted by atomic mass is 16.4. The number of carboxylic acid groups (broad SMARTS) is 1. The van der Waals surface area contributed by atoms with E-state index in [1.54, 1.807) is 30.8 Å². The van der Waals surface area contributed by atoms with E-state index in [1.807, 2.05) is 12.1 Å². The molecule has 3 rings (SSSR count). The van der Waals surface area contributed by atoms with Crippen LogP contribution in [0.15, 0.2) is 24.3 Å². The minimum Gasteiger partial charge on any atom is -0.481 e. The summed E-state index contributed by atoms with van der Waals surface area (Å²) in [6.45, 7) is 1.78. The first-order chi connectivity index (χ1) is 12.9. The Kier molecular flexibility index (Phi) is 5.53. The first-order valence-corrected chi connectivity index (χ1v) is 9.26. The number of rotatable bonds is 6. The average Bonchev–Trinajstić information content (AvgIpc) is 3.08. The Labute approximate surface area is 158 Å². The van der Waals surface area contributed by atoms with Gasteiger partial charge in [-0.05, 0) is 48.2 Å². The summed E-state index contributed by atoms with van der Waals surface area (Å²) in [7, 11) is 1.74. The number of carboxylic acids is 1. The molecule has 1 atom stereocenters. The molecule has 27 heavy (non-hydrogen) atoms. The van der Waals surface area contributed by atoms with E-state index in [9.17, 15) is 14.7 Å². The van der Waals surface area contributed by atoms with Gasteiger partial charge in [-0.3, -0.25) is 9.59 Å². The summed E-state index contributed by atoms with van der Waals surface area (Å²) >= 11 is 0. The highest BCUT2D eigenvalue weighted by molar-refractivity contribution is 5.97. The zero-order valence-corrected chi connectivity index (χ0v) is 15.7. The molecule has 1 unspecified atom stereocenters. The number of hydrogen-bond donors (Lipinski definition) is 2. The normalized spacial score (nSPS) is 17.3. The SMILES string of the molecule is Cn1nnnc1-c1cccc(NC(=O)C(C)(CC(=O)O)C2CCCCC2)c1. The number of aromatic nitrogens is 4. The molecule has 1 aliphatic carbocycles. The number of benzene rings is 1. The molecule has 0 saturated heterocycles. The molecule has 0 spiro atoms. The number of aliphatic carboxylic acids is 1. The van der Waals surface area contributed by atoms with E-state index in [0.717, 1.165) is 37.7 Å². The summed E-state index contributed by atoms with van der Waals surface area (Å²) in [5.41, 5.74) is 0.444. The number of aryl methyl sites for hydroxylation is 1. The Morgan fingerprint density at radius 1 is 1.30 bits per heavy atom. The number of carbonyl (C=O) groups is 2. The van der Waals surface area contributed by atoms with Crippen LogP contribution in [0.5, 0.6) is 0 Å². The van der Waals surface area contributed by atoms with Gasteiger partial charge in [0, 0.05) is 18.3 Å². The number of amides is 1. The van der Waals surface area contributed by atoms with Crippen LogP contribution in [0.3, 0.4) is 0 Å². The number of nitrogens with one attached hydrogen (secondary N) is 1. The fourth-order valence-electron chi connectivity index (χ4n) is 3.95. The van der Waals surface area contributed by atoms with Crippen molar-refractivity contribution in [3.8, 4) is 11.4 Å². The highest BCUT2D eigenvalue weighted by Crippen LogP contribution is 2.42. The summed E-state index contributed by atoms with van der Waals surface area (Å²) in [6.07, 6.45) is 4.85. The van der Waals surface area contributed by atoms with Crippen molar-refractivity contribution in [2.45, 2.75) is 45.4 Å². The number of carbonyl (C=O) groups excluding carboxylic acids is 1. The van der Waals surface area contributed by atoms with Gasteiger partial charge in [0.15, 0.2) is 5.82 Å². The first kappa shape index (κ1) is 19.0. The van der Waals surface area contributed by atoms with Crippen LogP contribution in [0.2, 0.25) is 0 Å². The van der Waals surface area contributed by atoms with Crippen LogP contribution in [0.1, 0.15) is 45.4 Å².